The Balaban J connectivity index is 2.71. The number of alkyl halides is 2. The maximum Gasteiger partial charge on any atom is 0.290 e. The number of aromatic nitrogens is 1. The van der Waals surface area contributed by atoms with Crippen molar-refractivity contribution in [1.82, 2.24) is 10.5 Å². The van der Waals surface area contributed by atoms with Gasteiger partial charge in [0.1, 0.15) is 0 Å². The van der Waals surface area contributed by atoms with E-state index in [-0.39, 0.29) is 23.4 Å². The zero-order valence-corrected chi connectivity index (χ0v) is 10.0. The number of hydrogen-bond donors (Lipinski definition) is 1. The first-order valence-corrected chi connectivity index (χ1v) is 5.45. The summed E-state index contributed by atoms with van der Waals surface area (Å²) >= 11 is 11.4. The molecule has 0 aromatic carbocycles. The molecule has 1 heterocycles. The highest BCUT2D eigenvalue weighted by Crippen LogP contribution is 2.11. The van der Waals surface area contributed by atoms with Crippen molar-refractivity contribution in [1.29, 1.82) is 0 Å². The van der Waals surface area contributed by atoms with Gasteiger partial charge in [-0.3, -0.25) is 4.79 Å². The molecule has 0 aliphatic carbocycles. The van der Waals surface area contributed by atoms with Crippen molar-refractivity contribution in [2.45, 2.75) is 19.4 Å². The van der Waals surface area contributed by atoms with Crippen LogP contribution < -0.4 is 5.32 Å². The topological polar surface area (TPSA) is 55.1 Å². The molecule has 0 radical (unpaired) electrons. The van der Waals surface area contributed by atoms with Crippen LogP contribution in [0.25, 0.3) is 0 Å². The molecule has 0 saturated heterocycles. The summed E-state index contributed by atoms with van der Waals surface area (Å²) < 4.78 is 4.81. The zero-order chi connectivity index (χ0) is 11.5. The van der Waals surface area contributed by atoms with Crippen molar-refractivity contribution >= 4 is 29.1 Å². The molecule has 0 aliphatic rings. The summed E-state index contributed by atoms with van der Waals surface area (Å²) in [5.41, 5.74) is 0.0135. The minimum Gasteiger partial charge on any atom is -0.351 e. The summed E-state index contributed by atoms with van der Waals surface area (Å²) in [4.78, 5) is 11.6. The molecule has 1 aromatic rings. The summed E-state index contributed by atoms with van der Waals surface area (Å²) in [6.45, 7) is 3.50. The molecule has 4 nitrogen and oxygen atoms in total. The Morgan fingerprint density at radius 1 is 1.60 bits per heavy atom. The third kappa shape index (κ3) is 3.11. The fourth-order valence-electron chi connectivity index (χ4n) is 0.909. The number of amides is 1. The molecular formula is C9H12Cl2N2O2. The normalized spacial score (nSPS) is 11.5. The van der Waals surface area contributed by atoms with Gasteiger partial charge in [0.15, 0.2) is 0 Å². The first-order valence-electron chi connectivity index (χ1n) is 4.38. The first kappa shape index (κ1) is 12.3. The van der Waals surface area contributed by atoms with Crippen LogP contribution in [0.5, 0.6) is 0 Å². The Labute approximate surface area is 97.9 Å². The van der Waals surface area contributed by atoms with E-state index in [0.29, 0.717) is 5.69 Å². The van der Waals surface area contributed by atoms with Crippen LogP contribution in [0.3, 0.4) is 0 Å². The average Bonchev–Trinajstić information content (AvgIpc) is 2.65. The Hall–Kier alpha value is -0.740. The Kier molecular flexibility index (Phi) is 3.99. The fraction of sp³-hybridized carbons (Fsp3) is 0.556. The van der Waals surface area contributed by atoms with Crippen molar-refractivity contribution in [3.8, 4) is 0 Å². The van der Waals surface area contributed by atoms with Gasteiger partial charge in [0.25, 0.3) is 5.91 Å². The second-order valence-electron chi connectivity index (χ2n) is 3.61. The number of aryl methyl sites for hydroxylation is 1. The number of nitrogens with zero attached hydrogens (tertiary/aromatic N) is 1. The van der Waals surface area contributed by atoms with E-state index < -0.39 is 5.54 Å². The molecule has 0 spiro atoms. The molecule has 0 atom stereocenters. The van der Waals surface area contributed by atoms with E-state index >= 15 is 0 Å². The molecule has 1 aromatic heterocycles. The number of carbonyl (C=O) groups excluding carboxylic acids is 1. The maximum atomic E-state index is 11.6. The predicted octanol–water partition coefficient (Wildman–Crippen LogP) is 1.95. The fourth-order valence-corrected chi connectivity index (χ4v) is 1.33. The molecular weight excluding hydrogens is 239 g/mol. The lowest BCUT2D eigenvalue weighted by Gasteiger charge is -2.24. The Morgan fingerprint density at radius 3 is 2.60 bits per heavy atom. The monoisotopic (exact) mass is 250 g/mol. The summed E-state index contributed by atoms with van der Waals surface area (Å²) in [5.74, 6) is 0.262. The van der Waals surface area contributed by atoms with E-state index in [0.717, 1.165) is 0 Å². The van der Waals surface area contributed by atoms with Crippen LogP contribution in [0.1, 0.15) is 23.2 Å². The van der Waals surface area contributed by atoms with Crippen LogP contribution in [-0.2, 0) is 0 Å². The van der Waals surface area contributed by atoms with Gasteiger partial charge in [0.2, 0.25) is 5.76 Å². The highest BCUT2D eigenvalue weighted by Gasteiger charge is 2.26. The molecule has 1 amide bonds. The van der Waals surface area contributed by atoms with Crippen molar-refractivity contribution in [3.63, 3.8) is 0 Å². The number of halogens is 2. The van der Waals surface area contributed by atoms with Crippen LogP contribution in [-0.4, -0.2) is 28.4 Å². The van der Waals surface area contributed by atoms with Gasteiger partial charge in [-0.1, -0.05) is 5.16 Å². The summed E-state index contributed by atoms with van der Waals surface area (Å²) in [5, 5.41) is 6.30. The Bertz CT molecular complexity index is 348. The molecule has 0 bridgehead atoms. The minimum atomic E-state index is -0.638. The van der Waals surface area contributed by atoms with Gasteiger partial charge >= 0.3 is 0 Å². The first-order chi connectivity index (χ1) is 7.00. The molecule has 1 N–H and O–H groups in total. The standard InChI is InChI=1S/C9H12Cl2N2O2/c1-6-3-7(15-13-6)8(14)12-9(2,4-10)5-11/h3H,4-5H2,1-2H3,(H,12,14). The average molecular weight is 251 g/mol. The van der Waals surface area contributed by atoms with Crippen molar-refractivity contribution in [2.75, 3.05) is 11.8 Å². The summed E-state index contributed by atoms with van der Waals surface area (Å²) in [6.07, 6.45) is 0. The van der Waals surface area contributed by atoms with Gasteiger partial charge in [-0.25, -0.2) is 0 Å². The molecule has 0 saturated carbocycles. The van der Waals surface area contributed by atoms with Crippen LogP contribution in [0.15, 0.2) is 10.6 Å². The maximum absolute atomic E-state index is 11.6. The smallest absolute Gasteiger partial charge is 0.290 e. The van der Waals surface area contributed by atoms with Crippen molar-refractivity contribution < 1.29 is 9.32 Å². The lowest BCUT2D eigenvalue weighted by molar-refractivity contribution is 0.0883. The van der Waals surface area contributed by atoms with Gasteiger partial charge in [-0.15, -0.1) is 23.2 Å². The van der Waals surface area contributed by atoms with E-state index in [2.05, 4.69) is 10.5 Å². The van der Waals surface area contributed by atoms with Crippen molar-refractivity contribution in [3.05, 3.63) is 17.5 Å². The third-order valence-corrected chi connectivity index (χ3v) is 3.04. The second kappa shape index (κ2) is 4.86. The Morgan fingerprint density at radius 2 is 2.20 bits per heavy atom. The lowest BCUT2D eigenvalue weighted by atomic mass is 10.1. The SMILES string of the molecule is Cc1cc(C(=O)NC(C)(CCl)CCl)on1. The van der Waals surface area contributed by atoms with Crippen LogP contribution in [0.2, 0.25) is 0 Å². The van der Waals surface area contributed by atoms with E-state index in [1.54, 1.807) is 19.9 Å². The molecule has 84 valence electrons. The highest BCUT2D eigenvalue weighted by atomic mass is 35.5. The van der Waals surface area contributed by atoms with Gasteiger partial charge in [0.05, 0.1) is 11.2 Å². The number of carbonyl (C=O) groups is 1. The molecule has 6 heteroatoms. The molecule has 0 fully saturated rings. The van der Waals surface area contributed by atoms with Gasteiger partial charge in [0, 0.05) is 17.8 Å². The van der Waals surface area contributed by atoms with Crippen LogP contribution in [0, 0.1) is 6.92 Å². The lowest BCUT2D eigenvalue weighted by Crippen LogP contribution is -2.49. The third-order valence-electron chi connectivity index (χ3n) is 1.86. The van der Waals surface area contributed by atoms with E-state index in [4.69, 9.17) is 27.7 Å². The second-order valence-corrected chi connectivity index (χ2v) is 4.15. The van der Waals surface area contributed by atoms with Gasteiger partial charge in [-0.05, 0) is 13.8 Å². The van der Waals surface area contributed by atoms with E-state index in [1.165, 1.54) is 0 Å². The summed E-state index contributed by atoms with van der Waals surface area (Å²) in [6, 6.07) is 1.55. The van der Waals surface area contributed by atoms with E-state index in [1.807, 2.05) is 0 Å². The molecule has 15 heavy (non-hydrogen) atoms. The highest BCUT2D eigenvalue weighted by molar-refractivity contribution is 6.22. The molecule has 1 rings (SSSR count). The number of rotatable bonds is 4. The van der Waals surface area contributed by atoms with Crippen molar-refractivity contribution in [2.24, 2.45) is 0 Å². The largest absolute Gasteiger partial charge is 0.351 e. The zero-order valence-electron chi connectivity index (χ0n) is 8.51. The minimum absolute atomic E-state index is 0.161. The number of hydrogen-bond acceptors (Lipinski definition) is 3. The predicted molar refractivity (Wildman–Crippen MR) is 58.6 cm³/mol. The van der Waals surface area contributed by atoms with Crippen LogP contribution >= 0.6 is 23.2 Å². The number of nitrogens with one attached hydrogen (secondary N) is 1. The quantitative estimate of drug-likeness (QED) is 0.832. The van der Waals surface area contributed by atoms with Gasteiger partial charge < -0.3 is 9.84 Å². The van der Waals surface area contributed by atoms with E-state index in [9.17, 15) is 4.79 Å². The van der Waals surface area contributed by atoms with Gasteiger partial charge in [-0.2, -0.15) is 0 Å². The summed E-state index contributed by atoms with van der Waals surface area (Å²) in [7, 11) is 0. The molecule has 0 unspecified atom stereocenters. The molecule has 0 aliphatic heterocycles. The van der Waals surface area contributed by atoms with Crippen LogP contribution in [0.4, 0.5) is 0 Å².